The fourth-order valence-corrected chi connectivity index (χ4v) is 4.71. The lowest BCUT2D eigenvalue weighted by atomic mass is 9.81. The van der Waals surface area contributed by atoms with Gasteiger partial charge < -0.3 is 9.64 Å². The Balaban J connectivity index is 1.60. The van der Waals surface area contributed by atoms with Gasteiger partial charge in [-0.05, 0) is 18.8 Å². The van der Waals surface area contributed by atoms with E-state index in [1.165, 1.54) is 38.5 Å². The molecule has 0 aromatic heterocycles. The maximum atomic E-state index is 11.4. The van der Waals surface area contributed by atoms with Gasteiger partial charge in [-0.15, -0.1) is 0 Å². The van der Waals surface area contributed by atoms with Crippen molar-refractivity contribution in [3.8, 4) is 0 Å². The Hall–Kier alpha value is -0.170. The lowest BCUT2D eigenvalue weighted by Crippen LogP contribution is -2.43. The number of fused-ring (bicyclic) bond motifs is 1. The fraction of sp³-hybridized carbons (Fsp3) is 1.00. The van der Waals surface area contributed by atoms with Crippen LogP contribution in [0.4, 0.5) is 0 Å². The Morgan fingerprint density at radius 1 is 1.35 bits per heavy atom. The average Bonchev–Trinajstić information content (AvgIpc) is 3.01. The quantitative estimate of drug-likeness (QED) is 0.811. The Morgan fingerprint density at radius 2 is 2.10 bits per heavy atom. The summed E-state index contributed by atoms with van der Waals surface area (Å²) in [5, 5.41) is 0. The predicted molar refractivity (Wildman–Crippen MR) is 78.0 cm³/mol. The molecule has 0 aromatic rings. The standard InChI is InChI=1S/C14H26N2O3S/c1-20(17,18)15-9-14-10-16(6-12-4-2-3-5-12)7-13(14)8-19-11-14/h12-13,15H,2-11H2,1H3/t13-,14+/m0/s1. The molecule has 1 N–H and O–H groups in total. The van der Waals surface area contributed by atoms with Gasteiger partial charge in [-0.1, -0.05) is 12.8 Å². The third-order valence-corrected chi connectivity index (χ3v) is 5.94. The molecule has 0 radical (unpaired) electrons. The normalized spacial score (nSPS) is 35.8. The monoisotopic (exact) mass is 302 g/mol. The first-order valence-corrected chi connectivity index (χ1v) is 9.61. The van der Waals surface area contributed by atoms with E-state index in [2.05, 4.69) is 9.62 Å². The molecule has 0 unspecified atom stereocenters. The van der Waals surface area contributed by atoms with Crippen LogP contribution < -0.4 is 4.72 Å². The fourth-order valence-electron chi connectivity index (χ4n) is 4.16. The highest BCUT2D eigenvalue weighted by molar-refractivity contribution is 7.88. The summed E-state index contributed by atoms with van der Waals surface area (Å²) < 4.78 is 31.1. The summed E-state index contributed by atoms with van der Waals surface area (Å²) in [6.45, 7) is 5.25. The van der Waals surface area contributed by atoms with E-state index >= 15 is 0 Å². The van der Waals surface area contributed by atoms with E-state index in [0.29, 0.717) is 19.1 Å². The minimum absolute atomic E-state index is 0.00167. The lowest BCUT2D eigenvalue weighted by molar-refractivity contribution is 0.125. The molecule has 3 fully saturated rings. The lowest BCUT2D eigenvalue weighted by Gasteiger charge is -2.28. The Kier molecular flexibility index (Phi) is 4.10. The van der Waals surface area contributed by atoms with Crippen LogP contribution in [-0.4, -0.2) is 59.0 Å². The maximum Gasteiger partial charge on any atom is 0.208 e. The van der Waals surface area contributed by atoms with Gasteiger partial charge in [-0.25, -0.2) is 13.1 Å². The number of hydrogen-bond acceptors (Lipinski definition) is 4. The molecule has 2 aliphatic heterocycles. The van der Waals surface area contributed by atoms with Crippen LogP contribution in [0.15, 0.2) is 0 Å². The van der Waals surface area contributed by atoms with Gasteiger partial charge in [0.25, 0.3) is 0 Å². The molecule has 0 bridgehead atoms. The maximum absolute atomic E-state index is 11.4. The molecule has 3 rings (SSSR count). The van der Waals surface area contributed by atoms with Crippen molar-refractivity contribution in [3.63, 3.8) is 0 Å². The van der Waals surface area contributed by atoms with Crippen LogP contribution in [0, 0.1) is 17.3 Å². The summed E-state index contributed by atoms with van der Waals surface area (Å²) in [6, 6.07) is 0. The zero-order chi connectivity index (χ0) is 14.2. The molecule has 2 heterocycles. The second-order valence-electron chi connectivity index (χ2n) is 7.01. The zero-order valence-corrected chi connectivity index (χ0v) is 13.1. The third kappa shape index (κ3) is 3.18. The van der Waals surface area contributed by atoms with Gasteiger partial charge in [0.1, 0.15) is 0 Å². The highest BCUT2D eigenvalue weighted by Gasteiger charge is 2.50. The summed E-state index contributed by atoms with van der Waals surface area (Å²) in [7, 11) is -3.12. The molecule has 0 spiro atoms. The van der Waals surface area contributed by atoms with E-state index in [1.54, 1.807) is 0 Å². The van der Waals surface area contributed by atoms with Crippen molar-refractivity contribution < 1.29 is 13.2 Å². The van der Waals surface area contributed by atoms with Crippen molar-refractivity contribution in [2.45, 2.75) is 25.7 Å². The van der Waals surface area contributed by atoms with Crippen LogP contribution in [0.2, 0.25) is 0 Å². The molecule has 0 amide bonds. The second-order valence-corrected chi connectivity index (χ2v) is 8.85. The summed E-state index contributed by atoms with van der Waals surface area (Å²) >= 11 is 0. The Labute approximate surface area is 122 Å². The SMILES string of the molecule is CS(=O)(=O)NC[C@@]12COC[C@@H]1CN(CC1CCCC1)C2. The van der Waals surface area contributed by atoms with Crippen LogP contribution in [0.1, 0.15) is 25.7 Å². The van der Waals surface area contributed by atoms with Crippen molar-refractivity contribution in [1.82, 2.24) is 9.62 Å². The van der Waals surface area contributed by atoms with Gasteiger partial charge in [-0.2, -0.15) is 0 Å². The number of nitrogens with zero attached hydrogens (tertiary/aromatic N) is 1. The topological polar surface area (TPSA) is 58.6 Å². The van der Waals surface area contributed by atoms with Gasteiger partial charge in [0, 0.05) is 37.5 Å². The number of sulfonamides is 1. The van der Waals surface area contributed by atoms with E-state index < -0.39 is 10.0 Å². The van der Waals surface area contributed by atoms with Crippen molar-refractivity contribution in [2.24, 2.45) is 17.3 Å². The molecule has 6 heteroatoms. The molecule has 2 atom stereocenters. The van der Waals surface area contributed by atoms with Crippen molar-refractivity contribution in [3.05, 3.63) is 0 Å². The average molecular weight is 302 g/mol. The molecule has 3 aliphatic rings. The zero-order valence-electron chi connectivity index (χ0n) is 12.3. The first-order chi connectivity index (χ1) is 9.47. The van der Waals surface area contributed by atoms with E-state index in [4.69, 9.17) is 4.74 Å². The van der Waals surface area contributed by atoms with E-state index in [9.17, 15) is 8.42 Å². The summed E-state index contributed by atoms with van der Waals surface area (Å²) in [4.78, 5) is 2.55. The van der Waals surface area contributed by atoms with Gasteiger partial charge in [0.15, 0.2) is 0 Å². The van der Waals surface area contributed by atoms with Gasteiger partial charge in [-0.3, -0.25) is 0 Å². The number of nitrogens with one attached hydrogen (secondary N) is 1. The highest BCUT2D eigenvalue weighted by Crippen LogP contribution is 2.41. The Morgan fingerprint density at radius 3 is 2.80 bits per heavy atom. The van der Waals surface area contributed by atoms with Crippen LogP contribution >= 0.6 is 0 Å². The number of hydrogen-bond donors (Lipinski definition) is 1. The van der Waals surface area contributed by atoms with Crippen molar-refractivity contribution >= 4 is 10.0 Å². The smallest absolute Gasteiger partial charge is 0.208 e. The predicted octanol–water partition coefficient (Wildman–Crippen LogP) is 0.674. The second kappa shape index (κ2) is 5.55. The number of likely N-dealkylation sites (tertiary alicyclic amines) is 1. The van der Waals surface area contributed by atoms with Gasteiger partial charge >= 0.3 is 0 Å². The molecule has 5 nitrogen and oxygen atoms in total. The van der Waals surface area contributed by atoms with Crippen LogP contribution in [0.25, 0.3) is 0 Å². The minimum Gasteiger partial charge on any atom is -0.380 e. The van der Waals surface area contributed by atoms with Crippen molar-refractivity contribution in [1.29, 1.82) is 0 Å². The van der Waals surface area contributed by atoms with Crippen LogP contribution in [0.5, 0.6) is 0 Å². The first kappa shape index (κ1) is 14.8. The summed E-state index contributed by atoms with van der Waals surface area (Å²) in [5.74, 6) is 1.34. The number of rotatable bonds is 5. The molecule has 0 aromatic carbocycles. The number of ether oxygens (including phenoxy) is 1. The Bertz CT molecular complexity index is 447. The van der Waals surface area contributed by atoms with E-state index in [-0.39, 0.29) is 5.41 Å². The molecular formula is C14H26N2O3S. The molecule has 1 aliphatic carbocycles. The molecule has 20 heavy (non-hydrogen) atoms. The van der Waals surface area contributed by atoms with Crippen molar-refractivity contribution in [2.75, 3.05) is 45.6 Å². The van der Waals surface area contributed by atoms with Gasteiger partial charge in [0.2, 0.25) is 10.0 Å². The van der Waals surface area contributed by atoms with Crippen LogP contribution in [-0.2, 0) is 14.8 Å². The summed E-state index contributed by atoms with van der Waals surface area (Å²) in [6.07, 6.45) is 6.73. The van der Waals surface area contributed by atoms with E-state index in [1.807, 2.05) is 0 Å². The largest absolute Gasteiger partial charge is 0.380 e. The van der Waals surface area contributed by atoms with Gasteiger partial charge in [0.05, 0.1) is 19.5 Å². The summed E-state index contributed by atoms with van der Waals surface area (Å²) in [5.41, 5.74) is 0.00167. The third-order valence-electron chi connectivity index (χ3n) is 5.27. The highest BCUT2D eigenvalue weighted by atomic mass is 32.2. The molecule has 1 saturated carbocycles. The minimum atomic E-state index is -3.12. The molecule has 2 saturated heterocycles. The molecule has 116 valence electrons. The van der Waals surface area contributed by atoms with Crippen LogP contribution in [0.3, 0.4) is 0 Å². The van der Waals surface area contributed by atoms with E-state index in [0.717, 1.165) is 25.6 Å². The first-order valence-electron chi connectivity index (χ1n) is 7.72. The molecular weight excluding hydrogens is 276 g/mol.